The largest absolute Gasteiger partial charge is 0.416 e. The van der Waals surface area contributed by atoms with Crippen molar-refractivity contribution in [2.75, 3.05) is 93.7 Å². The quantitative estimate of drug-likeness (QED) is 0.0293. The van der Waals surface area contributed by atoms with Crippen LogP contribution in [-0.2, 0) is 67.6 Å². The Kier molecular flexibility index (Phi) is 45.1. The average Bonchev–Trinajstić information content (AvgIpc) is 0.767. The van der Waals surface area contributed by atoms with Crippen LogP contribution < -0.4 is 15.1 Å². The molecule has 0 unspecified atom stereocenters. The van der Waals surface area contributed by atoms with Crippen LogP contribution in [0, 0.1) is 11.7 Å². The Morgan fingerprint density at radius 3 is 1.34 bits per heavy atom. The van der Waals surface area contributed by atoms with Gasteiger partial charge in [-0.3, -0.25) is 24.0 Å². The Bertz CT molecular complexity index is 4330. The number of hydrogen-bond acceptors (Lipinski definition) is 11. The number of anilines is 3. The zero-order valence-electron chi connectivity index (χ0n) is 70.4. The molecule has 0 bridgehead atoms. The number of piperazine rings is 2. The number of alkyl halides is 3. The van der Waals surface area contributed by atoms with E-state index in [1.807, 2.05) is 106 Å². The van der Waals surface area contributed by atoms with Crippen molar-refractivity contribution < 1.29 is 60.7 Å². The van der Waals surface area contributed by atoms with Crippen LogP contribution in [-0.4, -0.2) is 155 Å². The number of halogens is 5. The highest BCUT2D eigenvalue weighted by Crippen LogP contribution is 2.42. The number of aldehydes is 4. The molecule has 0 atom stereocenters. The summed E-state index contributed by atoms with van der Waals surface area (Å²) < 4.78 is 50.2. The van der Waals surface area contributed by atoms with Crippen LogP contribution in [0.1, 0.15) is 179 Å². The maximum Gasteiger partial charge on any atom is 0.416 e. The molecule has 4 heterocycles. The van der Waals surface area contributed by atoms with E-state index in [0.717, 1.165) is 214 Å². The summed E-state index contributed by atoms with van der Waals surface area (Å²) >= 11 is 6.10. The van der Waals surface area contributed by atoms with Gasteiger partial charge in [0.15, 0.2) is 0 Å². The predicted molar refractivity (Wildman–Crippen MR) is 481 cm³/mol. The molecule has 5 fully saturated rings. The summed E-state index contributed by atoms with van der Waals surface area (Å²) in [5.74, 6) is 1.64. The van der Waals surface area contributed by atoms with Crippen LogP contribution in [0.4, 0.5) is 34.6 Å². The molecule has 9 aromatic carbocycles. The van der Waals surface area contributed by atoms with E-state index >= 15 is 0 Å². The van der Waals surface area contributed by atoms with Gasteiger partial charge < -0.3 is 53.9 Å². The number of carbonyl (C=O) groups is 9. The highest BCUT2D eigenvalue weighted by molar-refractivity contribution is 6.33. The van der Waals surface area contributed by atoms with Crippen molar-refractivity contribution in [3.05, 3.63) is 304 Å². The standard InChI is InChI=1S/C18H19NO.C16H16O.C12H13F3N2O.C12H15NO2.C12H15NO.C11H13ClN2O.C10H11FO.C10H18O/c20-15-19-13-11-18(12-14-19,16-7-3-1-4-8-16)17-9-5-2-6-10-17;17-13-7-12-16(14-8-3-1-4-9-14)15-10-5-2-6-11-15;13-12(14,15)10-2-1-3-11(8-10)17-6-4-16(9-18)5-7-17;1-10(15)13-12-7-5-11(6-8-12)4-2-3-9-14;14-10-13-8-6-12(7-9-13)11-4-2-1-3-5-11;12-10-3-1-2-4-11(10)14-7-5-13(9-15)6-8-14;11-10-6-4-9(5-7-10)3-1-2-8-12;11-9-5-4-8-10-6-2-1-3-7-10/h1-10,15H,11-14H2;1-6,8-11,13,16H,7,12H2;1-3,8-9H,4-7H2;5-9H,2-4H2,1H3,(H,13,15);1-5,10,12H,6-9H2;1-4,9H,5-8H2;4-8H,1-3H2;9-10H,1-8H2. The number of likely N-dealkylation sites (tertiary alicyclic amines) is 2. The molecule has 0 spiro atoms. The lowest BCUT2D eigenvalue weighted by molar-refractivity contribution is -0.137. The molecule has 648 valence electrons. The van der Waals surface area contributed by atoms with Crippen molar-refractivity contribution in [1.29, 1.82) is 0 Å². The monoisotopic (exact) mass is 1690 g/mol. The molecule has 9 aromatic rings. The molecule has 5 aliphatic rings. The van der Waals surface area contributed by atoms with Gasteiger partial charge in [0.25, 0.3) is 0 Å². The number of rotatable bonds is 27. The Morgan fingerprint density at radius 1 is 0.451 bits per heavy atom. The molecule has 0 aromatic heterocycles. The van der Waals surface area contributed by atoms with Crippen LogP contribution in [0.2, 0.25) is 5.02 Å². The van der Waals surface area contributed by atoms with Crippen molar-refractivity contribution in [3.63, 3.8) is 0 Å². The summed E-state index contributed by atoms with van der Waals surface area (Å²) in [4.78, 5) is 105. The summed E-state index contributed by atoms with van der Waals surface area (Å²) in [5, 5.41) is 3.48. The zero-order chi connectivity index (χ0) is 87.3. The maximum atomic E-state index is 12.6. The number of nitrogens with one attached hydrogen (secondary N) is 1. The Morgan fingerprint density at radius 2 is 0.877 bits per heavy atom. The number of para-hydroxylation sites is 1. The molecule has 0 radical (unpaired) electrons. The van der Waals surface area contributed by atoms with Gasteiger partial charge in [0.05, 0.1) is 16.3 Å². The fraction of sp³-hybridized carbons (Fsp3) is 0.376. The SMILES string of the molecule is CC(=O)Nc1ccc(CCCC=O)cc1.O=CCCC(c1ccccc1)c1ccccc1.O=CCCCC1CCCCC1.O=CCCCc1ccc(F)cc1.O=CN1CCC(c2ccccc2)(c2ccccc2)CC1.O=CN1CCC(c2ccccc2)CC1.O=CN1CCN(c2cccc(C(F)(F)F)c2)CC1.O=CN1CCN(c2ccccc2Cl)CC1. The topological polar surface area (TPSA) is 185 Å². The first-order valence-electron chi connectivity index (χ1n) is 42.8. The smallest absolute Gasteiger partial charge is 0.368 e. The van der Waals surface area contributed by atoms with Gasteiger partial charge in [-0.15, -0.1) is 0 Å². The van der Waals surface area contributed by atoms with E-state index in [0.29, 0.717) is 63.0 Å². The molecule has 14 rings (SSSR count). The van der Waals surface area contributed by atoms with E-state index in [2.05, 4.69) is 119 Å². The highest BCUT2D eigenvalue weighted by Gasteiger charge is 2.38. The van der Waals surface area contributed by atoms with E-state index in [-0.39, 0.29) is 17.1 Å². The third-order valence-electron chi connectivity index (χ3n) is 22.5. The van der Waals surface area contributed by atoms with Crippen LogP contribution >= 0.6 is 11.6 Å². The highest BCUT2D eigenvalue weighted by atomic mass is 35.5. The average molecular weight is 1690 g/mol. The second-order valence-corrected chi connectivity index (χ2v) is 31.3. The Labute approximate surface area is 724 Å². The summed E-state index contributed by atoms with van der Waals surface area (Å²) in [5.41, 5.74) is 10.8. The number of carbonyl (C=O) groups excluding carboxylic acids is 9. The minimum absolute atomic E-state index is 0.0437. The van der Waals surface area contributed by atoms with Crippen molar-refractivity contribution >= 4 is 85.4 Å². The lowest BCUT2D eigenvalue weighted by Gasteiger charge is -2.41. The van der Waals surface area contributed by atoms with Crippen LogP contribution in [0.3, 0.4) is 0 Å². The van der Waals surface area contributed by atoms with Gasteiger partial charge in [-0.2, -0.15) is 13.2 Å². The van der Waals surface area contributed by atoms with Crippen LogP contribution in [0.15, 0.2) is 249 Å². The van der Waals surface area contributed by atoms with Crippen molar-refractivity contribution in [3.8, 4) is 0 Å². The van der Waals surface area contributed by atoms with Gasteiger partial charge in [-0.05, 0) is 170 Å². The molecule has 1 N–H and O–H groups in total. The van der Waals surface area contributed by atoms with Gasteiger partial charge in [0.1, 0.15) is 31.0 Å². The number of benzene rings is 9. The lowest BCUT2D eigenvalue weighted by atomic mass is 9.68. The third-order valence-corrected chi connectivity index (χ3v) is 22.8. The second-order valence-electron chi connectivity index (χ2n) is 30.9. The van der Waals surface area contributed by atoms with Gasteiger partial charge in [-0.25, -0.2) is 4.39 Å². The van der Waals surface area contributed by atoms with E-state index < -0.39 is 11.7 Å². The van der Waals surface area contributed by atoms with E-state index in [9.17, 15) is 60.7 Å². The number of unbranched alkanes of at least 4 members (excludes halogenated alkanes) is 3. The van der Waals surface area contributed by atoms with Gasteiger partial charge in [-0.1, -0.05) is 244 Å². The minimum atomic E-state index is -4.32. The van der Waals surface area contributed by atoms with Crippen molar-refractivity contribution in [1.82, 2.24) is 19.6 Å². The number of piperidine rings is 2. The molecule has 4 aliphatic heterocycles. The van der Waals surface area contributed by atoms with E-state index in [4.69, 9.17) is 11.6 Å². The van der Waals surface area contributed by atoms with Gasteiger partial charge in [0.2, 0.25) is 31.5 Å². The van der Waals surface area contributed by atoms with Crippen LogP contribution in [0.5, 0.6) is 0 Å². The van der Waals surface area contributed by atoms with Gasteiger partial charge >= 0.3 is 6.18 Å². The zero-order valence-corrected chi connectivity index (χ0v) is 71.2. The molecule has 5 amide bonds. The van der Waals surface area contributed by atoms with E-state index in [1.165, 1.54) is 97.0 Å². The van der Waals surface area contributed by atoms with Gasteiger partial charge in [0, 0.05) is 134 Å². The summed E-state index contributed by atoms with van der Waals surface area (Å²) in [6.07, 6.45) is 23.8. The molecule has 1 saturated carbocycles. The van der Waals surface area contributed by atoms with Crippen molar-refractivity contribution in [2.24, 2.45) is 5.92 Å². The van der Waals surface area contributed by atoms with Crippen LogP contribution in [0.25, 0.3) is 0 Å². The molecule has 21 heteroatoms. The number of nitrogens with zero attached hydrogens (tertiary/aromatic N) is 6. The predicted octanol–water partition coefficient (Wildman–Crippen LogP) is 20.1. The number of hydrogen-bond donors (Lipinski definition) is 1. The summed E-state index contributed by atoms with van der Waals surface area (Å²) in [6, 6.07) is 79.8. The number of aryl methyl sites for hydroxylation is 2. The van der Waals surface area contributed by atoms with Crippen molar-refractivity contribution in [2.45, 2.75) is 159 Å². The fourth-order valence-electron chi connectivity index (χ4n) is 15.6. The Balaban J connectivity index is 0.000000193. The first-order valence-corrected chi connectivity index (χ1v) is 43.1. The lowest BCUT2D eigenvalue weighted by Crippen LogP contribution is -2.45. The fourth-order valence-corrected chi connectivity index (χ4v) is 15.8. The van der Waals surface area contributed by atoms with E-state index in [1.54, 1.807) is 28.0 Å². The molecule has 1 aliphatic carbocycles. The second kappa shape index (κ2) is 56.3. The molecule has 4 saturated heterocycles. The normalized spacial score (nSPS) is 14.9. The number of amides is 5. The molecular weight excluding hydrogens is 1570 g/mol. The molecule has 122 heavy (non-hydrogen) atoms. The third kappa shape index (κ3) is 35.4. The first kappa shape index (κ1) is 97.7. The maximum absolute atomic E-state index is 12.6. The Hall–Kier alpha value is -11.4. The summed E-state index contributed by atoms with van der Waals surface area (Å²) in [6.45, 7) is 10.4. The molecular formula is C101H120ClF4N7O9. The first-order chi connectivity index (χ1) is 59.5. The minimum Gasteiger partial charge on any atom is -0.368 e. The summed E-state index contributed by atoms with van der Waals surface area (Å²) in [7, 11) is 0. The molecule has 16 nitrogen and oxygen atoms in total.